The van der Waals surface area contributed by atoms with Crippen molar-refractivity contribution in [3.05, 3.63) is 59.7 Å². The van der Waals surface area contributed by atoms with Gasteiger partial charge in [0.2, 0.25) is 4.87 Å². The van der Waals surface area contributed by atoms with Crippen molar-refractivity contribution in [2.75, 3.05) is 4.90 Å². The number of hydrazone groups is 1. The van der Waals surface area contributed by atoms with E-state index < -0.39 is 4.87 Å². The number of nitrogens with zero attached hydrogens (tertiary/aromatic N) is 2. The third kappa shape index (κ3) is 1.64. The number of hydrogen-bond donors (Lipinski definition) is 1. The van der Waals surface area contributed by atoms with Crippen LogP contribution in [0.3, 0.4) is 0 Å². The van der Waals surface area contributed by atoms with E-state index in [1.807, 2.05) is 55.5 Å². The molecule has 0 aliphatic carbocycles. The van der Waals surface area contributed by atoms with Crippen LogP contribution in [0.15, 0.2) is 53.6 Å². The van der Waals surface area contributed by atoms with Crippen LogP contribution in [0.2, 0.25) is 0 Å². The van der Waals surface area contributed by atoms with Crippen molar-refractivity contribution in [3.63, 3.8) is 0 Å². The number of aryl methyl sites for hydroxylation is 1. The van der Waals surface area contributed by atoms with Gasteiger partial charge in [-0.1, -0.05) is 47.7 Å². The second-order valence-electron chi connectivity index (χ2n) is 5.14. The number of nitrogens with one attached hydrogen (secondary N) is 1. The minimum Gasteiger partial charge on any atom is -0.279 e. The van der Waals surface area contributed by atoms with Crippen LogP contribution in [0.25, 0.3) is 0 Å². The first-order valence-corrected chi connectivity index (χ1v) is 7.57. The molecule has 0 bridgehead atoms. The Labute approximate surface area is 126 Å². The van der Waals surface area contributed by atoms with Crippen molar-refractivity contribution < 1.29 is 4.79 Å². The zero-order valence-corrected chi connectivity index (χ0v) is 12.2. The number of carbonyl (C=O) groups excluding carboxylic acids is 1. The van der Waals surface area contributed by atoms with Crippen LogP contribution in [0.1, 0.15) is 11.1 Å². The van der Waals surface area contributed by atoms with Crippen molar-refractivity contribution in [1.82, 2.24) is 5.43 Å². The fraction of sp³-hybridized carbons (Fsp3) is 0.125. The molecule has 2 heterocycles. The molecule has 1 amide bonds. The number of amides is 1. The van der Waals surface area contributed by atoms with Gasteiger partial charge >= 0.3 is 0 Å². The van der Waals surface area contributed by atoms with Crippen LogP contribution < -0.4 is 10.3 Å². The molecule has 0 saturated carbocycles. The number of benzene rings is 2. The Balaban J connectivity index is 1.89. The number of para-hydroxylation sites is 1. The van der Waals surface area contributed by atoms with Crippen molar-refractivity contribution in [2.24, 2.45) is 5.10 Å². The lowest BCUT2D eigenvalue weighted by Crippen LogP contribution is -2.42. The molecule has 5 heteroatoms. The molecule has 21 heavy (non-hydrogen) atoms. The van der Waals surface area contributed by atoms with Gasteiger partial charge < -0.3 is 0 Å². The standard InChI is InChI=1S/C16H13N3OS/c1-11-6-8-12(9-7-11)19-14-5-3-2-4-13(14)16(15(19)20)18-17-10-21-16/h2-10,18H,1H3. The molecule has 2 aliphatic rings. The van der Waals surface area contributed by atoms with E-state index >= 15 is 0 Å². The Kier molecular flexibility index (Phi) is 2.59. The first-order chi connectivity index (χ1) is 10.2. The molecular weight excluding hydrogens is 282 g/mol. The molecule has 0 radical (unpaired) electrons. The summed E-state index contributed by atoms with van der Waals surface area (Å²) < 4.78 is 0. The van der Waals surface area contributed by atoms with Gasteiger partial charge in [0, 0.05) is 11.3 Å². The highest BCUT2D eigenvalue weighted by molar-refractivity contribution is 8.13. The Morgan fingerprint density at radius 3 is 2.62 bits per heavy atom. The normalized spacial score (nSPS) is 22.7. The van der Waals surface area contributed by atoms with E-state index in [0.29, 0.717) is 0 Å². The largest absolute Gasteiger partial charge is 0.279 e. The van der Waals surface area contributed by atoms with Crippen LogP contribution in [0.5, 0.6) is 0 Å². The quantitative estimate of drug-likeness (QED) is 0.879. The summed E-state index contributed by atoms with van der Waals surface area (Å²) in [5.41, 5.74) is 8.60. The molecule has 0 fully saturated rings. The summed E-state index contributed by atoms with van der Waals surface area (Å²) in [4.78, 5) is 14.0. The van der Waals surface area contributed by atoms with Crippen LogP contribution in [0, 0.1) is 6.92 Å². The van der Waals surface area contributed by atoms with Crippen LogP contribution >= 0.6 is 11.8 Å². The molecule has 4 nitrogen and oxygen atoms in total. The van der Waals surface area contributed by atoms with Gasteiger partial charge in [-0.25, -0.2) is 0 Å². The minimum atomic E-state index is -0.818. The molecule has 2 aliphatic heterocycles. The van der Waals surface area contributed by atoms with E-state index in [0.717, 1.165) is 16.9 Å². The predicted molar refractivity (Wildman–Crippen MR) is 85.7 cm³/mol. The zero-order chi connectivity index (χ0) is 14.4. The lowest BCUT2D eigenvalue weighted by molar-refractivity contribution is -0.120. The number of hydrogen-bond acceptors (Lipinski definition) is 4. The monoisotopic (exact) mass is 295 g/mol. The van der Waals surface area contributed by atoms with Crippen LogP contribution in [-0.2, 0) is 9.67 Å². The van der Waals surface area contributed by atoms with Crippen molar-refractivity contribution in [1.29, 1.82) is 0 Å². The Morgan fingerprint density at radius 1 is 1.14 bits per heavy atom. The van der Waals surface area contributed by atoms with Crippen molar-refractivity contribution in [2.45, 2.75) is 11.8 Å². The highest BCUT2D eigenvalue weighted by Gasteiger charge is 2.53. The maximum Gasteiger partial charge on any atom is 0.274 e. The van der Waals surface area contributed by atoms with E-state index in [4.69, 9.17) is 0 Å². The SMILES string of the molecule is Cc1ccc(N2C(=O)C3(NN=CS3)c3ccccc32)cc1. The average molecular weight is 295 g/mol. The van der Waals surface area contributed by atoms with E-state index in [2.05, 4.69) is 10.5 Å². The molecule has 1 atom stereocenters. The van der Waals surface area contributed by atoms with Crippen molar-refractivity contribution in [3.8, 4) is 0 Å². The Bertz CT molecular complexity index is 746. The molecule has 0 aromatic heterocycles. The lowest BCUT2D eigenvalue weighted by Gasteiger charge is -2.22. The first-order valence-electron chi connectivity index (χ1n) is 6.70. The van der Waals surface area contributed by atoms with Gasteiger partial charge in [-0.2, -0.15) is 5.10 Å². The van der Waals surface area contributed by atoms with E-state index in [1.165, 1.54) is 17.3 Å². The average Bonchev–Trinajstić information content (AvgIpc) is 3.08. The summed E-state index contributed by atoms with van der Waals surface area (Å²) in [5, 5.41) is 4.05. The molecule has 2 aromatic carbocycles. The molecule has 2 aromatic rings. The van der Waals surface area contributed by atoms with Crippen LogP contribution in [0.4, 0.5) is 11.4 Å². The van der Waals surface area contributed by atoms with E-state index in [9.17, 15) is 4.79 Å². The minimum absolute atomic E-state index is 0.00458. The second kappa shape index (κ2) is 4.36. The van der Waals surface area contributed by atoms with Gasteiger partial charge in [0.1, 0.15) is 0 Å². The van der Waals surface area contributed by atoms with E-state index in [-0.39, 0.29) is 5.91 Å². The van der Waals surface area contributed by atoms with Crippen molar-refractivity contribution >= 4 is 34.6 Å². The Hall–Kier alpha value is -2.27. The zero-order valence-electron chi connectivity index (χ0n) is 11.4. The third-order valence-electron chi connectivity index (χ3n) is 3.82. The highest BCUT2D eigenvalue weighted by atomic mass is 32.2. The molecule has 1 unspecified atom stereocenters. The second-order valence-corrected chi connectivity index (χ2v) is 6.20. The molecule has 4 rings (SSSR count). The summed E-state index contributed by atoms with van der Waals surface area (Å²) in [6, 6.07) is 15.8. The van der Waals surface area contributed by atoms with Gasteiger partial charge in [0.05, 0.1) is 11.2 Å². The number of carbonyl (C=O) groups is 1. The number of fused-ring (bicyclic) bond motifs is 2. The topological polar surface area (TPSA) is 44.7 Å². The smallest absolute Gasteiger partial charge is 0.274 e. The maximum absolute atomic E-state index is 13.0. The predicted octanol–water partition coefficient (Wildman–Crippen LogP) is 3.11. The number of anilines is 2. The summed E-state index contributed by atoms with van der Waals surface area (Å²) in [6.07, 6.45) is 0. The lowest BCUT2D eigenvalue weighted by atomic mass is 10.1. The van der Waals surface area contributed by atoms with Gasteiger partial charge in [0.25, 0.3) is 5.91 Å². The number of rotatable bonds is 1. The Morgan fingerprint density at radius 2 is 1.90 bits per heavy atom. The first kappa shape index (κ1) is 12.5. The molecular formula is C16H13N3OS. The molecule has 1 N–H and O–H groups in total. The fourth-order valence-electron chi connectivity index (χ4n) is 2.77. The summed E-state index contributed by atoms with van der Waals surface area (Å²) in [5.74, 6) is -0.00458. The highest BCUT2D eigenvalue weighted by Crippen LogP contribution is 2.50. The molecule has 104 valence electrons. The summed E-state index contributed by atoms with van der Waals surface area (Å²) in [6.45, 7) is 2.03. The summed E-state index contributed by atoms with van der Waals surface area (Å²) >= 11 is 1.41. The van der Waals surface area contributed by atoms with Crippen LogP contribution in [-0.4, -0.2) is 11.5 Å². The van der Waals surface area contributed by atoms with Gasteiger partial charge in [-0.3, -0.25) is 15.1 Å². The maximum atomic E-state index is 13.0. The van der Waals surface area contributed by atoms with E-state index in [1.54, 1.807) is 10.4 Å². The van der Waals surface area contributed by atoms with Gasteiger partial charge in [-0.15, -0.1) is 0 Å². The van der Waals surface area contributed by atoms with Gasteiger partial charge in [0.15, 0.2) is 0 Å². The third-order valence-corrected chi connectivity index (χ3v) is 4.88. The summed E-state index contributed by atoms with van der Waals surface area (Å²) in [7, 11) is 0. The number of thioether (sulfide) groups is 1. The fourth-order valence-corrected chi connectivity index (χ4v) is 3.63. The molecule has 1 spiro atoms. The molecule has 0 saturated heterocycles. The van der Waals surface area contributed by atoms with Gasteiger partial charge in [-0.05, 0) is 25.1 Å².